The molecule has 0 saturated carbocycles. The third-order valence-corrected chi connectivity index (χ3v) is 5.05. The first-order valence-electron chi connectivity index (χ1n) is 9.36. The van der Waals surface area contributed by atoms with Gasteiger partial charge in [0.25, 0.3) is 5.91 Å². The van der Waals surface area contributed by atoms with Gasteiger partial charge < -0.3 is 14.2 Å². The summed E-state index contributed by atoms with van der Waals surface area (Å²) in [5, 5.41) is 4.07. The molecule has 7 heteroatoms. The quantitative estimate of drug-likeness (QED) is 0.841. The van der Waals surface area contributed by atoms with Gasteiger partial charge in [-0.2, -0.15) is 0 Å². The Kier molecular flexibility index (Phi) is 4.61. The number of amides is 1. The smallest absolute Gasteiger partial charge is 0.317 e. The number of hydrogen-bond acceptors (Lipinski definition) is 6. The molecule has 1 unspecified atom stereocenters. The number of nitrogens with zero attached hydrogens (tertiary/aromatic N) is 4. The molecule has 0 aromatic carbocycles. The Balaban J connectivity index is 1.46. The van der Waals surface area contributed by atoms with Gasteiger partial charge in [0.05, 0.1) is 6.54 Å². The molecule has 3 heterocycles. The minimum absolute atomic E-state index is 0.0495. The zero-order valence-electron chi connectivity index (χ0n) is 15.3. The van der Waals surface area contributed by atoms with E-state index in [0.717, 1.165) is 61.2 Å². The summed E-state index contributed by atoms with van der Waals surface area (Å²) in [6.45, 7) is 5.09. The van der Waals surface area contributed by atoms with E-state index in [-0.39, 0.29) is 12.0 Å². The van der Waals surface area contributed by atoms with Gasteiger partial charge in [-0.1, -0.05) is 5.16 Å². The molecule has 1 aliphatic carbocycles. The average Bonchev–Trinajstić information content (AvgIpc) is 3.04. The molecule has 0 radical (unpaired) electrons. The molecule has 7 nitrogen and oxygen atoms in total. The largest absolute Gasteiger partial charge is 0.458 e. The highest BCUT2D eigenvalue weighted by Crippen LogP contribution is 2.26. The summed E-state index contributed by atoms with van der Waals surface area (Å²) in [5.74, 6) is 0.833. The molecular weight excluding hydrogens is 332 g/mol. The Morgan fingerprint density at radius 3 is 2.77 bits per heavy atom. The molecule has 1 aliphatic heterocycles. The lowest BCUT2D eigenvalue weighted by Crippen LogP contribution is -2.45. The highest BCUT2D eigenvalue weighted by atomic mass is 16.5. The molecule has 2 aromatic rings. The summed E-state index contributed by atoms with van der Waals surface area (Å²) in [6, 6.07) is 2.30. The van der Waals surface area contributed by atoms with Gasteiger partial charge in [0.15, 0.2) is 5.69 Å². The molecule has 26 heavy (non-hydrogen) atoms. The standard InChI is InChI=1S/C19H24N4O3/c1-12-10-13(2)21-19(20-12)25-14-6-5-9-23(11-14)18(24)17-15-7-3-4-8-16(15)26-22-17/h10,14H,3-9,11H2,1-2H3. The number of aromatic nitrogens is 3. The van der Waals surface area contributed by atoms with Crippen molar-refractivity contribution in [3.8, 4) is 6.01 Å². The second-order valence-corrected chi connectivity index (χ2v) is 7.21. The molecule has 1 saturated heterocycles. The number of carbonyl (C=O) groups is 1. The molecule has 1 fully saturated rings. The van der Waals surface area contributed by atoms with Gasteiger partial charge in [-0.05, 0) is 52.0 Å². The first-order chi connectivity index (χ1) is 12.6. The van der Waals surface area contributed by atoms with Crippen molar-refractivity contribution >= 4 is 5.91 Å². The lowest BCUT2D eigenvalue weighted by Gasteiger charge is -2.32. The predicted molar refractivity (Wildman–Crippen MR) is 94.2 cm³/mol. The fraction of sp³-hybridized carbons (Fsp3) is 0.579. The molecule has 2 aromatic heterocycles. The van der Waals surface area contributed by atoms with Crippen LogP contribution in [0.5, 0.6) is 6.01 Å². The molecule has 1 amide bonds. The van der Waals surface area contributed by atoms with E-state index in [9.17, 15) is 4.79 Å². The third kappa shape index (κ3) is 3.43. The van der Waals surface area contributed by atoms with Crippen LogP contribution in [0.25, 0.3) is 0 Å². The molecule has 138 valence electrons. The van der Waals surface area contributed by atoms with Gasteiger partial charge in [0.1, 0.15) is 11.9 Å². The summed E-state index contributed by atoms with van der Waals surface area (Å²) in [5.41, 5.74) is 3.25. The molecular formula is C19H24N4O3. The van der Waals surface area contributed by atoms with Crippen LogP contribution in [-0.2, 0) is 12.8 Å². The summed E-state index contributed by atoms with van der Waals surface area (Å²) < 4.78 is 11.4. The molecule has 0 spiro atoms. The van der Waals surface area contributed by atoms with Crippen LogP contribution in [0.3, 0.4) is 0 Å². The number of likely N-dealkylation sites (tertiary alicyclic amines) is 1. The van der Waals surface area contributed by atoms with Crippen LogP contribution in [0.2, 0.25) is 0 Å². The van der Waals surface area contributed by atoms with Crippen molar-refractivity contribution in [2.24, 2.45) is 0 Å². The number of hydrogen-bond donors (Lipinski definition) is 0. The molecule has 0 N–H and O–H groups in total. The highest BCUT2D eigenvalue weighted by Gasteiger charge is 2.31. The molecule has 0 bridgehead atoms. The van der Waals surface area contributed by atoms with Gasteiger partial charge in [0.2, 0.25) is 0 Å². The van der Waals surface area contributed by atoms with Crippen LogP contribution in [0, 0.1) is 13.8 Å². The van der Waals surface area contributed by atoms with Gasteiger partial charge in [-0.3, -0.25) is 4.79 Å². The van der Waals surface area contributed by atoms with Crippen LogP contribution in [-0.4, -0.2) is 45.1 Å². The normalized spacial score (nSPS) is 19.9. The molecule has 4 rings (SSSR count). The Labute approximate surface area is 152 Å². The number of piperidine rings is 1. The zero-order chi connectivity index (χ0) is 18.1. The van der Waals surface area contributed by atoms with E-state index in [1.165, 1.54) is 0 Å². The van der Waals surface area contributed by atoms with Gasteiger partial charge in [-0.25, -0.2) is 9.97 Å². The van der Waals surface area contributed by atoms with E-state index in [0.29, 0.717) is 24.8 Å². The Morgan fingerprint density at radius 1 is 1.19 bits per heavy atom. The van der Waals surface area contributed by atoms with Crippen LogP contribution in [0.1, 0.15) is 58.9 Å². The maximum atomic E-state index is 13.0. The molecule has 2 aliphatic rings. The predicted octanol–water partition coefficient (Wildman–Crippen LogP) is 2.64. The van der Waals surface area contributed by atoms with Gasteiger partial charge in [0, 0.05) is 29.9 Å². The van der Waals surface area contributed by atoms with Crippen LogP contribution in [0.4, 0.5) is 0 Å². The fourth-order valence-corrected chi connectivity index (χ4v) is 3.82. The minimum Gasteiger partial charge on any atom is -0.458 e. The van der Waals surface area contributed by atoms with Crippen LogP contribution < -0.4 is 4.74 Å². The van der Waals surface area contributed by atoms with Crippen molar-refractivity contribution in [3.05, 3.63) is 34.5 Å². The summed E-state index contributed by atoms with van der Waals surface area (Å²) in [7, 11) is 0. The maximum absolute atomic E-state index is 13.0. The number of aryl methyl sites for hydroxylation is 3. The van der Waals surface area contributed by atoms with E-state index in [1.54, 1.807) is 0 Å². The van der Waals surface area contributed by atoms with Crippen molar-refractivity contribution in [3.63, 3.8) is 0 Å². The van der Waals surface area contributed by atoms with Crippen molar-refractivity contribution in [2.45, 2.75) is 58.5 Å². The summed E-state index contributed by atoms with van der Waals surface area (Å²) in [6.07, 6.45) is 5.63. The lowest BCUT2D eigenvalue weighted by molar-refractivity contribution is 0.0505. The minimum atomic E-state index is -0.100. The highest BCUT2D eigenvalue weighted by molar-refractivity contribution is 5.94. The maximum Gasteiger partial charge on any atom is 0.317 e. The van der Waals surface area contributed by atoms with E-state index in [1.807, 2.05) is 24.8 Å². The fourth-order valence-electron chi connectivity index (χ4n) is 3.82. The first-order valence-corrected chi connectivity index (χ1v) is 9.36. The number of fused-ring (bicyclic) bond motifs is 1. The Morgan fingerprint density at radius 2 is 1.96 bits per heavy atom. The Bertz CT molecular complexity index is 797. The monoisotopic (exact) mass is 356 g/mol. The van der Waals surface area contributed by atoms with Crippen molar-refractivity contribution in [1.29, 1.82) is 0 Å². The van der Waals surface area contributed by atoms with E-state index in [4.69, 9.17) is 9.26 Å². The van der Waals surface area contributed by atoms with Gasteiger partial charge in [-0.15, -0.1) is 0 Å². The van der Waals surface area contributed by atoms with Crippen LogP contribution >= 0.6 is 0 Å². The number of ether oxygens (including phenoxy) is 1. The molecule has 1 atom stereocenters. The number of rotatable bonds is 3. The van der Waals surface area contributed by atoms with Crippen LogP contribution in [0.15, 0.2) is 10.6 Å². The first kappa shape index (κ1) is 17.0. The summed E-state index contributed by atoms with van der Waals surface area (Å²) >= 11 is 0. The SMILES string of the molecule is Cc1cc(C)nc(OC2CCCN(C(=O)c3noc4c3CCCC4)C2)n1. The van der Waals surface area contributed by atoms with E-state index in [2.05, 4.69) is 15.1 Å². The topological polar surface area (TPSA) is 81.4 Å². The second-order valence-electron chi connectivity index (χ2n) is 7.21. The van der Waals surface area contributed by atoms with E-state index < -0.39 is 0 Å². The Hall–Kier alpha value is -2.44. The number of carbonyl (C=O) groups excluding carboxylic acids is 1. The van der Waals surface area contributed by atoms with Crippen molar-refractivity contribution in [2.75, 3.05) is 13.1 Å². The second kappa shape index (κ2) is 7.05. The van der Waals surface area contributed by atoms with Crippen molar-refractivity contribution < 1.29 is 14.1 Å². The zero-order valence-corrected chi connectivity index (χ0v) is 15.3. The van der Waals surface area contributed by atoms with E-state index >= 15 is 0 Å². The summed E-state index contributed by atoms with van der Waals surface area (Å²) in [4.78, 5) is 23.5. The average molecular weight is 356 g/mol. The van der Waals surface area contributed by atoms with Crippen molar-refractivity contribution in [1.82, 2.24) is 20.0 Å². The third-order valence-electron chi connectivity index (χ3n) is 5.05. The lowest BCUT2D eigenvalue weighted by atomic mass is 9.96. The van der Waals surface area contributed by atoms with Gasteiger partial charge >= 0.3 is 6.01 Å².